The van der Waals surface area contributed by atoms with Crippen LogP contribution in [0.4, 0.5) is 0 Å². The average Bonchev–Trinajstić information content (AvgIpc) is 2.13. The number of rotatable bonds is 4. The minimum atomic E-state index is 0.684. The van der Waals surface area contributed by atoms with Crippen molar-refractivity contribution in [2.45, 2.75) is 13.5 Å². The number of halogens is 1. The van der Waals surface area contributed by atoms with Crippen molar-refractivity contribution in [1.82, 2.24) is 5.32 Å². The second-order valence-electron chi connectivity index (χ2n) is 3.01. The van der Waals surface area contributed by atoms with Gasteiger partial charge in [0.2, 0.25) is 0 Å². The molecule has 1 rings (SSSR count). The summed E-state index contributed by atoms with van der Waals surface area (Å²) >= 11 is 3.56. The summed E-state index contributed by atoms with van der Waals surface area (Å²) in [6.07, 6.45) is 0. The molecular formula is C10H15BrN2. The maximum absolute atomic E-state index is 5.39. The van der Waals surface area contributed by atoms with Crippen LogP contribution in [-0.4, -0.2) is 13.1 Å². The number of nitrogens with one attached hydrogen (secondary N) is 1. The Morgan fingerprint density at radius 3 is 2.92 bits per heavy atom. The third-order valence-electron chi connectivity index (χ3n) is 1.91. The van der Waals surface area contributed by atoms with Crippen LogP contribution in [0.5, 0.6) is 0 Å². The highest BCUT2D eigenvalue weighted by Gasteiger charge is 2.00. The molecule has 0 bridgehead atoms. The van der Waals surface area contributed by atoms with E-state index in [2.05, 4.69) is 46.4 Å². The Hall–Kier alpha value is -0.380. The summed E-state index contributed by atoms with van der Waals surface area (Å²) in [5.74, 6) is 0. The fraction of sp³-hybridized carbons (Fsp3) is 0.400. The van der Waals surface area contributed by atoms with Crippen molar-refractivity contribution >= 4 is 15.9 Å². The van der Waals surface area contributed by atoms with E-state index in [9.17, 15) is 0 Å². The predicted molar refractivity (Wildman–Crippen MR) is 59.6 cm³/mol. The molecule has 0 aliphatic carbocycles. The molecule has 0 amide bonds. The maximum atomic E-state index is 5.39. The molecule has 72 valence electrons. The van der Waals surface area contributed by atoms with Crippen LogP contribution >= 0.6 is 15.9 Å². The molecule has 0 heterocycles. The molecule has 1 aromatic rings. The minimum Gasteiger partial charge on any atom is -0.329 e. The first-order valence-corrected chi connectivity index (χ1v) is 5.19. The van der Waals surface area contributed by atoms with Gasteiger partial charge >= 0.3 is 0 Å². The topological polar surface area (TPSA) is 38.0 Å². The molecule has 0 fully saturated rings. The molecular weight excluding hydrogens is 228 g/mol. The lowest BCUT2D eigenvalue weighted by Gasteiger charge is -2.07. The van der Waals surface area contributed by atoms with Crippen molar-refractivity contribution in [1.29, 1.82) is 0 Å². The number of nitrogens with two attached hydrogens (primary N) is 1. The van der Waals surface area contributed by atoms with Crippen molar-refractivity contribution < 1.29 is 0 Å². The quantitative estimate of drug-likeness (QED) is 0.791. The van der Waals surface area contributed by atoms with Gasteiger partial charge in [0, 0.05) is 24.1 Å². The lowest BCUT2D eigenvalue weighted by Crippen LogP contribution is -2.22. The second kappa shape index (κ2) is 5.37. The van der Waals surface area contributed by atoms with Crippen molar-refractivity contribution in [3.8, 4) is 0 Å². The number of aryl methyl sites for hydroxylation is 1. The molecule has 13 heavy (non-hydrogen) atoms. The summed E-state index contributed by atoms with van der Waals surface area (Å²) in [7, 11) is 0. The zero-order chi connectivity index (χ0) is 9.68. The van der Waals surface area contributed by atoms with Crippen molar-refractivity contribution in [2.75, 3.05) is 13.1 Å². The van der Waals surface area contributed by atoms with Gasteiger partial charge in [-0.1, -0.05) is 34.1 Å². The normalized spacial score (nSPS) is 10.4. The first-order chi connectivity index (χ1) is 6.25. The Labute approximate surface area is 87.6 Å². The van der Waals surface area contributed by atoms with Crippen LogP contribution in [0.15, 0.2) is 22.7 Å². The molecule has 3 heteroatoms. The molecule has 0 saturated carbocycles. The number of hydrogen-bond acceptors (Lipinski definition) is 2. The van der Waals surface area contributed by atoms with Gasteiger partial charge < -0.3 is 11.1 Å². The van der Waals surface area contributed by atoms with Gasteiger partial charge in [-0.2, -0.15) is 0 Å². The molecule has 0 aliphatic rings. The molecule has 0 saturated heterocycles. The predicted octanol–water partition coefficient (Wildman–Crippen LogP) is 1.81. The molecule has 0 atom stereocenters. The van der Waals surface area contributed by atoms with Gasteiger partial charge in [-0.3, -0.25) is 0 Å². The van der Waals surface area contributed by atoms with Gasteiger partial charge in [-0.05, 0) is 18.1 Å². The van der Waals surface area contributed by atoms with E-state index in [1.807, 2.05) is 0 Å². The summed E-state index contributed by atoms with van der Waals surface area (Å²) in [4.78, 5) is 0. The standard InChI is InChI=1S/C10H15BrN2/c1-8-3-2-4-9(10(8)11)7-13-6-5-12/h2-4,13H,5-7,12H2,1H3. The van der Waals surface area contributed by atoms with Crippen molar-refractivity contribution in [3.05, 3.63) is 33.8 Å². The van der Waals surface area contributed by atoms with E-state index in [0.717, 1.165) is 13.1 Å². The van der Waals surface area contributed by atoms with Crippen LogP contribution in [0, 0.1) is 6.92 Å². The Kier molecular flexibility index (Phi) is 4.42. The van der Waals surface area contributed by atoms with Gasteiger partial charge in [0.15, 0.2) is 0 Å². The summed E-state index contributed by atoms with van der Waals surface area (Å²) in [6.45, 7) is 4.51. The zero-order valence-electron chi connectivity index (χ0n) is 7.81. The molecule has 1 aromatic carbocycles. The Morgan fingerprint density at radius 2 is 2.23 bits per heavy atom. The van der Waals surface area contributed by atoms with E-state index in [0.29, 0.717) is 6.54 Å². The van der Waals surface area contributed by atoms with Gasteiger partial charge in [0.1, 0.15) is 0 Å². The summed E-state index contributed by atoms with van der Waals surface area (Å²) in [6, 6.07) is 6.27. The van der Waals surface area contributed by atoms with E-state index in [-0.39, 0.29) is 0 Å². The minimum absolute atomic E-state index is 0.684. The lowest BCUT2D eigenvalue weighted by molar-refractivity contribution is 0.693. The summed E-state index contributed by atoms with van der Waals surface area (Å²) in [5, 5.41) is 3.26. The van der Waals surface area contributed by atoms with Crippen LogP contribution in [0.3, 0.4) is 0 Å². The van der Waals surface area contributed by atoms with Gasteiger partial charge in [0.25, 0.3) is 0 Å². The van der Waals surface area contributed by atoms with Crippen LogP contribution in [0.2, 0.25) is 0 Å². The van der Waals surface area contributed by atoms with Crippen LogP contribution in [0.25, 0.3) is 0 Å². The maximum Gasteiger partial charge on any atom is 0.0249 e. The molecule has 3 N–H and O–H groups in total. The average molecular weight is 243 g/mol. The van der Waals surface area contributed by atoms with Gasteiger partial charge in [0.05, 0.1) is 0 Å². The highest BCUT2D eigenvalue weighted by Crippen LogP contribution is 2.20. The first-order valence-electron chi connectivity index (χ1n) is 4.40. The summed E-state index contributed by atoms with van der Waals surface area (Å²) < 4.78 is 1.19. The van der Waals surface area contributed by atoms with Crippen molar-refractivity contribution in [2.24, 2.45) is 5.73 Å². The molecule has 2 nitrogen and oxygen atoms in total. The second-order valence-corrected chi connectivity index (χ2v) is 3.81. The van der Waals surface area contributed by atoms with E-state index in [1.54, 1.807) is 0 Å². The third kappa shape index (κ3) is 3.10. The lowest BCUT2D eigenvalue weighted by atomic mass is 10.1. The molecule has 0 aliphatic heterocycles. The molecule has 0 unspecified atom stereocenters. The van der Waals surface area contributed by atoms with E-state index < -0.39 is 0 Å². The van der Waals surface area contributed by atoms with Gasteiger partial charge in [-0.25, -0.2) is 0 Å². The fourth-order valence-corrected chi connectivity index (χ4v) is 1.57. The highest BCUT2D eigenvalue weighted by molar-refractivity contribution is 9.10. The smallest absolute Gasteiger partial charge is 0.0249 e. The largest absolute Gasteiger partial charge is 0.329 e. The fourth-order valence-electron chi connectivity index (χ4n) is 1.17. The van der Waals surface area contributed by atoms with Gasteiger partial charge in [-0.15, -0.1) is 0 Å². The molecule has 0 aromatic heterocycles. The Balaban J connectivity index is 2.61. The van der Waals surface area contributed by atoms with Crippen LogP contribution in [-0.2, 0) is 6.54 Å². The van der Waals surface area contributed by atoms with Crippen LogP contribution < -0.4 is 11.1 Å². The molecule has 0 radical (unpaired) electrons. The first kappa shape index (κ1) is 10.7. The Bertz CT molecular complexity index is 274. The van der Waals surface area contributed by atoms with Crippen molar-refractivity contribution in [3.63, 3.8) is 0 Å². The zero-order valence-corrected chi connectivity index (χ0v) is 9.39. The third-order valence-corrected chi connectivity index (χ3v) is 3.04. The molecule has 0 spiro atoms. The van der Waals surface area contributed by atoms with E-state index in [1.165, 1.54) is 15.6 Å². The van der Waals surface area contributed by atoms with E-state index >= 15 is 0 Å². The van der Waals surface area contributed by atoms with Crippen LogP contribution in [0.1, 0.15) is 11.1 Å². The summed E-state index contributed by atoms with van der Waals surface area (Å²) in [5.41, 5.74) is 7.94. The SMILES string of the molecule is Cc1cccc(CNCCN)c1Br. The Morgan fingerprint density at radius 1 is 1.46 bits per heavy atom. The van der Waals surface area contributed by atoms with E-state index in [4.69, 9.17) is 5.73 Å². The highest BCUT2D eigenvalue weighted by atomic mass is 79.9. The number of hydrogen-bond donors (Lipinski definition) is 2. The number of benzene rings is 1. The monoisotopic (exact) mass is 242 g/mol.